The fraction of sp³-hybridized carbons (Fsp3) is 0.235. The summed E-state index contributed by atoms with van der Waals surface area (Å²) in [6, 6.07) is 11.0. The second-order valence-electron chi connectivity index (χ2n) is 5.49. The van der Waals surface area contributed by atoms with Crippen LogP contribution in [-0.4, -0.2) is 23.8 Å². The van der Waals surface area contributed by atoms with E-state index in [9.17, 15) is 14.9 Å². The molecule has 2 aromatic rings. The lowest BCUT2D eigenvalue weighted by Gasteiger charge is -2.20. The van der Waals surface area contributed by atoms with Gasteiger partial charge in [0, 0.05) is 41.5 Å². The molecule has 0 N–H and O–H groups in total. The first-order chi connectivity index (χ1) is 11.1. The number of carbonyl (C=O) groups is 1. The maximum Gasteiger partial charge on any atom is 0.270 e. The molecule has 1 fully saturated rings. The molecule has 5 nitrogen and oxygen atoms in total. The van der Waals surface area contributed by atoms with Crippen molar-refractivity contribution in [3.8, 4) is 0 Å². The lowest BCUT2D eigenvalue weighted by molar-refractivity contribution is -0.384. The number of anilines is 1. The number of nitro groups is 1. The van der Waals surface area contributed by atoms with Crippen molar-refractivity contribution in [2.24, 2.45) is 0 Å². The van der Waals surface area contributed by atoms with Crippen LogP contribution in [-0.2, 0) is 0 Å². The van der Waals surface area contributed by atoms with Crippen LogP contribution in [0.3, 0.4) is 0 Å². The zero-order chi connectivity index (χ0) is 16.4. The van der Waals surface area contributed by atoms with Gasteiger partial charge in [0.05, 0.1) is 10.5 Å². The molecule has 0 radical (unpaired) electrons. The number of benzene rings is 2. The third-order valence-corrected chi connectivity index (χ3v) is 4.24. The maximum atomic E-state index is 12.8. The summed E-state index contributed by atoms with van der Waals surface area (Å²) in [5.41, 5.74) is 1.51. The summed E-state index contributed by atoms with van der Waals surface area (Å²) in [4.78, 5) is 25.5. The molecule has 0 aliphatic carbocycles. The topological polar surface area (TPSA) is 63.4 Å². The third kappa shape index (κ3) is 3.19. The highest BCUT2D eigenvalue weighted by molar-refractivity contribution is 6.30. The van der Waals surface area contributed by atoms with E-state index in [4.69, 9.17) is 11.6 Å². The van der Waals surface area contributed by atoms with Gasteiger partial charge in [-0.15, -0.1) is 0 Å². The molecular formula is C17H15ClN2O3. The average molecular weight is 331 g/mol. The van der Waals surface area contributed by atoms with Crippen molar-refractivity contribution in [2.75, 3.05) is 18.0 Å². The zero-order valence-electron chi connectivity index (χ0n) is 12.4. The van der Waals surface area contributed by atoms with Gasteiger partial charge in [-0.25, -0.2) is 0 Å². The zero-order valence-corrected chi connectivity index (χ0v) is 13.1. The Morgan fingerprint density at radius 2 is 1.74 bits per heavy atom. The molecule has 0 unspecified atom stereocenters. The van der Waals surface area contributed by atoms with E-state index < -0.39 is 4.92 Å². The van der Waals surface area contributed by atoms with Gasteiger partial charge in [0.15, 0.2) is 5.78 Å². The van der Waals surface area contributed by atoms with Crippen LogP contribution in [0.5, 0.6) is 0 Å². The maximum absolute atomic E-state index is 12.8. The van der Waals surface area contributed by atoms with Crippen molar-refractivity contribution in [3.05, 3.63) is 68.7 Å². The molecule has 1 saturated heterocycles. The number of halogens is 1. The van der Waals surface area contributed by atoms with Crippen LogP contribution < -0.4 is 4.90 Å². The van der Waals surface area contributed by atoms with Crippen molar-refractivity contribution in [1.82, 2.24) is 0 Å². The van der Waals surface area contributed by atoms with E-state index in [-0.39, 0.29) is 11.5 Å². The molecule has 0 amide bonds. The van der Waals surface area contributed by atoms with E-state index in [1.54, 1.807) is 30.3 Å². The van der Waals surface area contributed by atoms with Crippen LogP contribution >= 0.6 is 11.6 Å². The molecule has 3 rings (SSSR count). The highest BCUT2D eigenvalue weighted by Gasteiger charge is 2.23. The smallest absolute Gasteiger partial charge is 0.270 e. The fourth-order valence-electron chi connectivity index (χ4n) is 2.81. The number of hydrogen-bond donors (Lipinski definition) is 0. The van der Waals surface area contributed by atoms with Crippen LogP contribution in [0.1, 0.15) is 28.8 Å². The number of ketones is 1. The first-order valence-corrected chi connectivity index (χ1v) is 7.78. The summed E-state index contributed by atoms with van der Waals surface area (Å²) in [6.07, 6.45) is 2.12. The van der Waals surface area contributed by atoms with Crippen LogP contribution in [0, 0.1) is 10.1 Å². The Morgan fingerprint density at radius 3 is 2.35 bits per heavy atom. The first kappa shape index (κ1) is 15.5. The molecule has 0 saturated carbocycles. The van der Waals surface area contributed by atoms with Crippen molar-refractivity contribution in [1.29, 1.82) is 0 Å². The fourth-order valence-corrected chi connectivity index (χ4v) is 2.94. The highest BCUT2D eigenvalue weighted by Crippen LogP contribution is 2.30. The summed E-state index contributed by atoms with van der Waals surface area (Å²) in [5, 5.41) is 11.6. The molecule has 2 aromatic carbocycles. The van der Waals surface area contributed by atoms with E-state index in [1.165, 1.54) is 12.1 Å². The van der Waals surface area contributed by atoms with Gasteiger partial charge in [-0.05, 0) is 43.2 Å². The van der Waals surface area contributed by atoms with Crippen molar-refractivity contribution < 1.29 is 9.72 Å². The standard InChI is InChI=1S/C17H15ClN2O3/c18-13-5-3-12(4-6-13)17(21)15-11-14(20(22)23)7-8-16(15)19-9-1-2-10-19/h3-8,11H,1-2,9-10H2. The number of hydrogen-bond acceptors (Lipinski definition) is 4. The van der Waals surface area contributed by atoms with E-state index >= 15 is 0 Å². The first-order valence-electron chi connectivity index (χ1n) is 7.40. The number of rotatable bonds is 4. The molecule has 0 aromatic heterocycles. The minimum Gasteiger partial charge on any atom is -0.371 e. The Hall–Kier alpha value is -2.40. The summed E-state index contributed by atoms with van der Waals surface area (Å²) >= 11 is 5.86. The minimum absolute atomic E-state index is 0.0785. The monoisotopic (exact) mass is 330 g/mol. The normalized spacial score (nSPS) is 14.0. The van der Waals surface area contributed by atoms with Crippen molar-refractivity contribution in [2.45, 2.75) is 12.8 Å². The summed E-state index contributed by atoms with van der Waals surface area (Å²) in [6.45, 7) is 1.72. The van der Waals surface area contributed by atoms with E-state index in [1.807, 2.05) is 0 Å². The van der Waals surface area contributed by atoms with Crippen LogP contribution in [0.2, 0.25) is 5.02 Å². The summed E-state index contributed by atoms with van der Waals surface area (Å²) < 4.78 is 0. The predicted octanol–water partition coefficient (Wildman–Crippen LogP) is 4.08. The van der Waals surface area contributed by atoms with Gasteiger partial charge >= 0.3 is 0 Å². The summed E-state index contributed by atoms with van der Waals surface area (Å²) in [5.74, 6) is -0.229. The van der Waals surface area contributed by atoms with E-state index in [0.29, 0.717) is 16.1 Å². The Bertz CT molecular complexity index is 753. The Morgan fingerprint density at radius 1 is 1.09 bits per heavy atom. The average Bonchev–Trinajstić information content (AvgIpc) is 3.08. The molecule has 1 aliphatic rings. The van der Waals surface area contributed by atoms with E-state index in [0.717, 1.165) is 31.6 Å². The molecule has 23 heavy (non-hydrogen) atoms. The lowest BCUT2D eigenvalue weighted by Crippen LogP contribution is -2.21. The van der Waals surface area contributed by atoms with Gasteiger partial charge in [0.1, 0.15) is 0 Å². The van der Waals surface area contributed by atoms with Gasteiger partial charge in [0.2, 0.25) is 0 Å². The molecule has 118 valence electrons. The number of nitrogens with zero attached hydrogens (tertiary/aromatic N) is 2. The van der Waals surface area contributed by atoms with E-state index in [2.05, 4.69) is 4.90 Å². The van der Waals surface area contributed by atoms with Gasteiger partial charge in [-0.3, -0.25) is 14.9 Å². The van der Waals surface area contributed by atoms with Gasteiger partial charge < -0.3 is 4.90 Å². The quantitative estimate of drug-likeness (QED) is 0.481. The van der Waals surface area contributed by atoms with Crippen molar-refractivity contribution >= 4 is 28.8 Å². The molecule has 0 bridgehead atoms. The number of nitro benzene ring substituents is 1. The summed E-state index contributed by atoms with van der Waals surface area (Å²) in [7, 11) is 0. The second kappa shape index (κ2) is 6.38. The molecule has 1 heterocycles. The predicted molar refractivity (Wildman–Crippen MR) is 89.4 cm³/mol. The Balaban J connectivity index is 2.06. The minimum atomic E-state index is -0.480. The molecule has 1 aliphatic heterocycles. The number of carbonyl (C=O) groups excluding carboxylic acids is 1. The van der Waals surface area contributed by atoms with Gasteiger partial charge in [-0.1, -0.05) is 11.6 Å². The molecular weight excluding hydrogens is 316 g/mol. The Kier molecular flexibility index (Phi) is 4.30. The van der Waals surface area contributed by atoms with Gasteiger partial charge in [-0.2, -0.15) is 0 Å². The van der Waals surface area contributed by atoms with Crippen LogP contribution in [0.25, 0.3) is 0 Å². The van der Waals surface area contributed by atoms with Gasteiger partial charge in [0.25, 0.3) is 5.69 Å². The molecule has 0 atom stereocenters. The number of non-ortho nitro benzene ring substituents is 1. The molecule has 0 spiro atoms. The SMILES string of the molecule is O=C(c1ccc(Cl)cc1)c1cc([N+](=O)[O-])ccc1N1CCCC1. The largest absolute Gasteiger partial charge is 0.371 e. The third-order valence-electron chi connectivity index (χ3n) is 3.99. The van der Waals surface area contributed by atoms with Crippen molar-refractivity contribution in [3.63, 3.8) is 0 Å². The highest BCUT2D eigenvalue weighted by atomic mass is 35.5. The lowest BCUT2D eigenvalue weighted by atomic mass is 10.0. The van der Waals surface area contributed by atoms with Crippen LogP contribution in [0.4, 0.5) is 11.4 Å². The Labute approximate surface area is 138 Å². The molecule has 6 heteroatoms. The van der Waals surface area contributed by atoms with Crippen LogP contribution in [0.15, 0.2) is 42.5 Å². The second-order valence-corrected chi connectivity index (χ2v) is 5.93.